The number of ether oxygens (including phenoxy) is 1. The zero-order valence-corrected chi connectivity index (χ0v) is 12.5. The number of hydrogen-bond donors (Lipinski definition) is 1. The van der Waals surface area contributed by atoms with Crippen molar-refractivity contribution < 1.29 is 4.74 Å². The van der Waals surface area contributed by atoms with E-state index in [1.807, 2.05) is 11.4 Å². The molecule has 0 spiro atoms. The average molecular weight is 307 g/mol. The van der Waals surface area contributed by atoms with Crippen LogP contribution in [0.5, 0.6) is 0 Å². The monoisotopic (exact) mass is 307 g/mol. The predicted molar refractivity (Wildman–Crippen MR) is 79.3 cm³/mol. The Kier molecular flexibility index (Phi) is 2.76. The van der Waals surface area contributed by atoms with E-state index in [0.29, 0.717) is 12.5 Å². The van der Waals surface area contributed by atoms with E-state index >= 15 is 0 Å². The van der Waals surface area contributed by atoms with Crippen LogP contribution in [0.25, 0.3) is 15.5 Å². The fourth-order valence-electron chi connectivity index (χ4n) is 2.43. The number of aryl methyl sites for hydroxylation is 1. The number of hydrogen-bond acceptors (Lipinski definition) is 7. The third-order valence-corrected chi connectivity index (χ3v) is 5.24. The number of nitrogens with two attached hydrogens (primary N) is 1. The lowest BCUT2D eigenvalue weighted by atomic mass is 10.1. The number of nitrogens with zero attached hydrogens (tertiary/aromatic N) is 4. The maximum absolute atomic E-state index is 6.04. The highest BCUT2D eigenvalue weighted by atomic mass is 32.1. The topological polar surface area (TPSA) is 78.3 Å². The number of nitrogen functional groups attached to an aromatic ring is 1. The molecule has 1 atom stereocenters. The van der Waals surface area contributed by atoms with Crippen LogP contribution in [0.15, 0.2) is 6.07 Å². The van der Waals surface area contributed by atoms with Gasteiger partial charge in [0.15, 0.2) is 10.8 Å². The molecule has 6 nitrogen and oxygen atoms in total. The van der Waals surface area contributed by atoms with Gasteiger partial charge < -0.3 is 10.5 Å². The summed E-state index contributed by atoms with van der Waals surface area (Å²) in [5, 5.41) is 14.8. The van der Waals surface area contributed by atoms with E-state index in [9.17, 15) is 0 Å². The van der Waals surface area contributed by atoms with E-state index in [-0.39, 0.29) is 0 Å². The standard InChI is InChI=1S/C12H13N5OS2/c1-6-4-8(9(13)19-6)11-16-17-10(7-2-3-18-5-7)14-15-12(17)20-11/h4,7H,2-3,5,13H2,1H3. The van der Waals surface area contributed by atoms with Gasteiger partial charge in [0, 0.05) is 23.0 Å². The Balaban J connectivity index is 1.81. The van der Waals surface area contributed by atoms with E-state index in [2.05, 4.69) is 21.4 Å². The predicted octanol–water partition coefficient (Wildman–Crippen LogP) is 2.31. The summed E-state index contributed by atoms with van der Waals surface area (Å²) < 4.78 is 7.26. The Morgan fingerprint density at radius 1 is 1.40 bits per heavy atom. The van der Waals surface area contributed by atoms with Crippen LogP contribution < -0.4 is 5.73 Å². The third kappa shape index (κ3) is 1.83. The van der Waals surface area contributed by atoms with E-state index in [4.69, 9.17) is 10.5 Å². The van der Waals surface area contributed by atoms with Gasteiger partial charge in [-0.15, -0.1) is 21.5 Å². The molecular weight excluding hydrogens is 294 g/mol. The Labute approximate surface area is 123 Å². The van der Waals surface area contributed by atoms with Crippen molar-refractivity contribution >= 4 is 32.6 Å². The Morgan fingerprint density at radius 2 is 2.30 bits per heavy atom. The van der Waals surface area contributed by atoms with Crippen molar-refractivity contribution in [3.63, 3.8) is 0 Å². The molecule has 4 heterocycles. The number of anilines is 1. The number of fused-ring (bicyclic) bond motifs is 1. The van der Waals surface area contributed by atoms with Crippen molar-refractivity contribution in [1.82, 2.24) is 19.8 Å². The first-order valence-electron chi connectivity index (χ1n) is 6.38. The molecule has 20 heavy (non-hydrogen) atoms. The van der Waals surface area contributed by atoms with Gasteiger partial charge >= 0.3 is 0 Å². The fourth-order valence-corrected chi connectivity index (χ4v) is 4.16. The van der Waals surface area contributed by atoms with Crippen molar-refractivity contribution in [3.05, 3.63) is 16.8 Å². The van der Waals surface area contributed by atoms with Crippen LogP contribution >= 0.6 is 22.7 Å². The van der Waals surface area contributed by atoms with Crippen LogP contribution in [-0.2, 0) is 4.74 Å². The van der Waals surface area contributed by atoms with E-state index in [1.165, 1.54) is 16.2 Å². The zero-order chi connectivity index (χ0) is 13.7. The summed E-state index contributed by atoms with van der Waals surface area (Å²) in [6.07, 6.45) is 0.980. The lowest BCUT2D eigenvalue weighted by Crippen LogP contribution is -2.04. The van der Waals surface area contributed by atoms with Gasteiger partial charge in [0.05, 0.1) is 11.6 Å². The van der Waals surface area contributed by atoms with Crippen molar-refractivity contribution in [1.29, 1.82) is 0 Å². The molecule has 1 fully saturated rings. The number of rotatable bonds is 2. The van der Waals surface area contributed by atoms with Gasteiger partial charge in [0.1, 0.15) is 0 Å². The van der Waals surface area contributed by atoms with Gasteiger partial charge in [-0.2, -0.15) is 9.61 Å². The number of aromatic nitrogens is 4. The minimum atomic E-state index is 0.293. The molecule has 1 aliphatic heterocycles. The molecule has 8 heteroatoms. The largest absolute Gasteiger partial charge is 0.390 e. The lowest BCUT2D eigenvalue weighted by molar-refractivity contribution is 0.193. The second-order valence-corrected chi connectivity index (χ2v) is 7.10. The highest BCUT2D eigenvalue weighted by Crippen LogP contribution is 2.36. The molecule has 0 aliphatic carbocycles. The molecular formula is C12H13N5OS2. The summed E-state index contributed by atoms with van der Waals surface area (Å²) >= 11 is 3.11. The van der Waals surface area contributed by atoms with Crippen LogP contribution in [0.1, 0.15) is 23.0 Å². The molecule has 0 bridgehead atoms. The molecule has 0 saturated carbocycles. The van der Waals surface area contributed by atoms with Gasteiger partial charge in [0.25, 0.3) is 0 Å². The van der Waals surface area contributed by atoms with Crippen molar-refractivity contribution in [2.24, 2.45) is 0 Å². The lowest BCUT2D eigenvalue weighted by Gasteiger charge is -2.01. The van der Waals surface area contributed by atoms with E-state index in [0.717, 1.165) is 39.4 Å². The van der Waals surface area contributed by atoms with Crippen LogP contribution in [0.4, 0.5) is 5.00 Å². The Bertz CT molecular complexity index is 768. The van der Waals surface area contributed by atoms with Gasteiger partial charge in [-0.25, -0.2) is 0 Å². The quantitative estimate of drug-likeness (QED) is 0.786. The maximum Gasteiger partial charge on any atom is 0.234 e. The summed E-state index contributed by atoms with van der Waals surface area (Å²) in [6, 6.07) is 2.07. The molecule has 3 aromatic heterocycles. The van der Waals surface area contributed by atoms with Crippen molar-refractivity contribution in [2.75, 3.05) is 18.9 Å². The Morgan fingerprint density at radius 3 is 3.00 bits per heavy atom. The van der Waals surface area contributed by atoms with E-state index in [1.54, 1.807) is 11.3 Å². The summed E-state index contributed by atoms with van der Waals surface area (Å²) in [4.78, 5) is 2.00. The molecule has 104 valence electrons. The molecule has 1 unspecified atom stereocenters. The van der Waals surface area contributed by atoms with Gasteiger partial charge in [-0.05, 0) is 19.4 Å². The van der Waals surface area contributed by atoms with Crippen molar-refractivity contribution in [3.8, 4) is 10.6 Å². The maximum atomic E-state index is 6.04. The Hall–Kier alpha value is -1.51. The average Bonchev–Trinajstić information content (AvgIpc) is 3.11. The molecule has 1 aliphatic rings. The molecule has 3 aromatic rings. The second-order valence-electron chi connectivity index (χ2n) is 4.86. The molecule has 1 saturated heterocycles. The fraction of sp³-hybridized carbons (Fsp3) is 0.417. The minimum Gasteiger partial charge on any atom is -0.390 e. The first-order chi connectivity index (χ1) is 9.72. The summed E-state index contributed by atoms with van der Waals surface area (Å²) in [7, 11) is 0. The normalized spacial score (nSPS) is 19.1. The summed E-state index contributed by atoms with van der Waals surface area (Å²) in [5.41, 5.74) is 7.04. The molecule has 0 aromatic carbocycles. The highest BCUT2D eigenvalue weighted by Gasteiger charge is 2.25. The third-order valence-electron chi connectivity index (χ3n) is 3.42. The van der Waals surface area contributed by atoms with Gasteiger partial charge in [-0.1, -0.05) is 11.3 Å². The second kappa shape index (κ2) is 4.51. The molecule has 4 rings (SSSR count). The molecule has 2 N–H and O–H groups in total. The molecule has 0 amide bonds. The number of thiophene rings is 1. The smallest absolute Gasteiger partial charge is 0.234 e. The van der Waals surface area contributed by atoms with E-state index < -0.39 is 0 Å². The van der Waals surface area contributed by atoms with Crippen LogP contribution in [-0.4, -0.2) is 33.0 Å². The first kappa shape index (κ1) is 12.2. The first-order valence-corrected chi connectivity index (χ1v) is 8.02. The van der Waals surface area contributed by atoms with Crippen LogP contribution in [0, 0.1) is 6.92 Å². The highest BCUT2D eigenvalue weighted by molar-refractivity contribution is 7.21. The van der Waals surface area contributed by atoms with Crippen molar-refractivity contribution in [2.45, 2.75) is 19.3 Å². The SMILES string of the molecule is Cc1cc(-c2nn3c(C4CCOC4)nnc3s2)c(N)s1. The summed E-state index contributed by atoms with van der Waals surface area (Å²) in [5.74, 6) is 1.19. The summed E-state index contributed by atoms with van der Waals surface area (Å²) in [6.45, 7) is 3.53. The molecule has 0 radical (unpaired) electrons. The zero-order valence-electron chi connectivity index (χ0n) is 10.9. The van der Waals surface area contributed by atoms with Crippen LogP contribution in [0.3, 0.4) is 0 Å². The van der Waals surface area contributed by atoms with Gasteiger partial charge in [-0.3, -0.25) is 0 Å². The van der Waals surface area contributed by atoms with Gasteiger partial charge in [0.2, 0.25) is 4.96 Å². The van der Waals surface area contributed by atoms with Crippen LogP contribution in [0.2, 0.25) is 0 Å². The minimum absolute atomic E-state index is 0.293.